The molecule has 0 aromatic carbocycles. The fraction of sp³-hybridized carbons (Fsp3) is 0.333. The molecule has 0 unspecified atom stereocenters. The van der Waals surface area contributed by atoms with Gasteiger partial charge < -0.3 is 20.5 Å². The van der Waals surface area contributed by atoms with Crippen molar-refractivity contribution in [3.8, 4) is 0 Å². The van der Waals surface area contributed by atoms with Crippen molar-refractivity contribution >= 4 is 16.9 Å². The molecule has 0 amide bonds. The van der Waals surface area contributed by atoms with Gasteiger partial charge in [-0.2, -0.15) is 0 Å². The molecule has 2 aromatic heterocycles. The summed E-state index contributed by atoms with van der Waals surface area (Å²) < 4.78 is 1.94. The van der Waals surface area contributed by atoms with Crippen molar-refractivity contribution in [1.29, 1.82) is 0 Å². The molecule has 0 aliphatic heterocycles. The fourth-order valence-corrected chi connectivity index (χ4v) is 2.40. The number of pyridine rings is 1. The van der Waals surface area contributed by atoms with Crippen LogP contribution in [0.25, 0.3) is 11.0 Å². The number of nitrogen functional groups attached to an aromatic ring is 1. The van der Waals surface area contributed by atoms with Crippen LogP contribution < -0.4 is 5.73 Å². The molecule has 2 aromatic rings. The largest absolute Gasteiger partial charge is 0.392 e. The summed E-state index contributed by atoms with van der Waals surface area (Å²) in [7, 11) is 0. The van der Waals surface area contributed by atoms with E-state index < -0.39 is 6.10 Å². The van der Waals surface area contributed by atoms with Gasteiger partial charge in [0.1, 0.15) is 5.52 Å². The summed E-state index contributed by atoms with van der Waals surface area (Å²) in [5.74, 6) is 0.399. The number of rotatable bonds is 2. The molecule has 2 heterocycles. The molecule has 0 spiro atoms. The van der Waals surface area contributed by atoms with Gasteiger partial charge >= 0.3 is 0 Å². The lowest BCUT2D eigenvalue weighted by Gasteiger charge is -2.11. The van der Waals surface area contributed by atoms with Crippen LogP contribution in [0.2, 0.25) is 0 Å². The summed E-state index contributed by atoms with van der Waals surface area (Å²) in [6.07, 6.45) is 5.16. The zero-order valence-corrected chi connectivity index (χ0v) is 9.69. The normalized spacial score (nSPS) is 23.6. The Morgan fingerprint density at radius 3 is 3.00 bits per heavy atom. The standard InChI is InChI=1S/C12H14N4O2/c13-12-11-9(1-2-14-12)16(6-15-11)8-3-7(5-17)10(18)4-8/h1-3,6,8,10,17-18H,4-5H2,(H2,13,14)/t8-,10-/m1/s1. The zero-order valence-electron chi connectivity index (χ0n) is 9.69. The van der Waals surface area contributed by atoms with Crippen molar-refractivity contribution < 1.29 is 10.2 Å². The number of nitrogens with zero attached hydrogens (tertiary/aromatic N) is 3. The first kappa shape index (κ1) is 11.2. The fourth-order valence-electron chi connectivity index (χ4n) is 2.40. The van der Waals surface area contributed by atoms with Gasteiger partial charge in [-0.15, -0.1) is 0 Å². The first-order valence-corrected chi connectivity index (χ1v) is 5.77. The quantitative estimate of drug-likeness (QED) is 0.659. The van der Waals surface area contributed by atoms with Crippen LogP contribution in [0.1, 0.15) is 12.5 Å². The van der Waals surface area contributed by atoms with Crippen molar-refractivity contribution in [2.45, 2.75) is 18.6 Å². The maximum absolute atomic E-state index is 9.79. The molecule has 6 nitrogen and oxygen atoms in total. The molecule has 1 aliphatic carbocycles. The van der Waals surface area contributed by atoms with Crippen molar-refractivity contribution in [2.24, 2.45) is 0 Å². The van der Waals surface area contributed by atoms with E-state index in [1.54, 1.807) is 12.5 Å². The molecule has 0 radical (unpaired) electrons. The maximum atomic E-state index is 9.79. The molecule has 1 aliphatic rings. The zero-order chi connectivity index (χ0) is 12.7. The number of hydrogen-bond donors (Lipinski definition) is 3. The Bertz CT molecular complexity index is 620. The molecular formula is C12H14N4O2. The molecular weight excluding hydrogens is 232 g/mol. The summed E-state index contributed by atoms with van der Waals surface area (Å²) in [5, 5.41) is 18.9. The molecule has 0 fully saturated rings. The number of aliphatic hydroxyl groups is 2. The Morgan fingerprint density at radius 1 is 1.44 bits per heavy atom. The number of allylic oxidation sites excluding steroid dienone is 1. The van der Waals surface area contributed by atoms with Crippen molar-refractivity contribution in [2.75, 3.05) is 12.3 Å². The molecule has 0 bridgehead atoms. The summed E-state index contributed by atoms with van der Waals surface area (Å²) >= 11 is 0. The molecule has 0 saturated heterocycles. The molecule has 6 heteroatoms. The van der Waals surface area contributed by atoms with Crippen LogP contribution in [0.3, 0.4) is 0 Å². The van der Waals surface area contributed by atoms with Crippen LogP contribution in [-0.4, -0.2) is 37.5 Å². The number of fused-ring (bicyclic) bond motifs is 1. The van der Waals surface area contributed by atoms with Gasteiger partial charge in [0.25, 0.3) is 0 Å². The highest BCUT2D eigenvalue weighted by Gasteiger charge is 2.26. The van der Waals surface area contributed by atoms with Gasteiger partial charge in [-0.3, -0.25) is 0 Å². The monoisotopic (exact) mass is 246 g/mol. The van der Waals surface area contributed by atoms with E-state index in [-0.39, 0.29) is 12.6 Å². The smallest absolute Gasteiger partial charge is 0.151 e. The molecule has 3 rings (SSSR count). The number of anilines is 1. The first-order valence-electron chi connectivity index (χ1n) is 5.77. The number of imidazole rings is 1. The summed E-state index contributed by atoms with van der Waals surface area (Å²) in [6.45, 7) is -0.117. The van der Waals surface area contributed by atoms with Crippen molar-refractivity contribution in [1.82, 2.24) is 14.5 Å². The Balaban J connectivity index is 2.06. The van der Waals surface area contributed by atoms with Gasteiger partial charge in [0.2, 0.25) is 0 Å². The van der Waals surface area contributed by atoms with Gasteiger partial charge in [-0.1, -0.05) is 6.08 Å². The minimum absolute atomic E-state index is 0.00560. The lowest BCUT2D eigenvalue weighted by atomic mass is 10.2. The average Bonchev–Trinajstić information content (AvgIpc) is 2.93. The maximum Gasteiger partial charge on any atom is 0.151 e. The van der Waals surface area contributed by atoms with E-state index in [0.29, 0.717) is 23.3 Å². The van der Waals surface area contributed by atoms with Gasteiger partial charge in [0.15, 0.2) is 5.82 Å². The van der Waals surface area contributed by atoms with Gasteiger partial charge in [0, 0.05) is 12.6 Å². The van der Waals surface area contributed by atoms with Crippen LogP contribution in [0.4, 0.5) is 5.82 Å². The lowest BCUT2D eigenvalue weighted by Crippen LogP contribution is -2.10. The van der Waals surface area contributed by atoms with Crippen LogP contribution in [-0.2, 0) is 0 Å². The van der Waals surface area contributed by atoms with Crippen molar-refractivity contribution in [3.05, 3.63) is 30.2 Å². The van der Waals surface area contributed by atoms with Crippen LogP contribution in [0.15, 0.2) is 30.2 Å². The van der Waals surface area contributed by atoms with Crippen LogP contribution in [0.5, 0.6) is 0 Å². The lowest BCUT2D eigenvalue weighted by molar-refractivity contribution is 0.182. The predicted molar refractivity (Wildman–Crippen MR) is 66.8 cm³/mol. The Kier molecular flexibility index (Phi) is 2.53. The third kappa shape index (κ3) is 1.58. The minimum atomic E-state index is -0.586. The van der Waals surface area contributed by atoms with Gasteiger partial charge in [0.05, 0.1) is 30.6 Å². The molecule has 18 heavy (non-hydrogen) atoms. The van der Waals surface area contributed by atoms with Gasteiger partial charge in [-0.25, -0.2) is 9.97 Å². The van der Waals surface area contributed by atoms with E-state index in [0.717, 1.165) is 5.52 Å². The first-order chi connectivity index (χ1) is 8.70. The highest BCUT2D eigenvalue weighted by molar-refractivity contribution is 5.84. The minimum Gasteiger partial charge on any atom is -0.392 e. The third-order valence-electron chi connectivity index (χ3n) is 3.36. The summed E-state index contributed by atoms with van der Waals surface area (Å²) in [4.78, 5) is 8.23. The van der Waals surface area contributed by atoms with E-state index in [4.69, 9.17) is 10.8 Å². The van der Waals surface area contributed by atoms with E-state index in [9.17, 15) is 5.11 Å². The Labute approximate surface area is 103 Å². The van der Waals surface area contributed by atoms with E-state index in [1.165, 1.54) is 0 Å². The topological polar surface area (TPSA) is 97.2 Å². The van der Waals surface area contributed by atoms with Gasteiger partial charge in [-0.05, 0) is 11.6 Å². The number of nitrogens with two attached hydrogens (primary N) is 1. The molecule has 2 atom stereocenters. The van der Waals surface area contributed by atoms with E-state index in [1.807, 2.05) is 16.7 Å². The van der Waals surface area contributed by atoms with Crippen LogP contribution >= 0.6 is 0 Å². The summed E-state index contributed by atoms with van der Waals surface area (Å²) in [5.41, 5.74) is 7.96. The second-order valence-electron chi connectivity index (χ2n) is 4.43. The number of aromatic nitrogens is 3. The SMILES string of the molecule is Nc1nccc2c1ncn2[C@@H]1C=C(CO)[C@H](O)C1. The van der Waals surface area contributed by atoms with E-state index in [2.05, 4.69) is 9.97 Å². The number of hydrogen-bond acceptors (Lipinski definition) is 5. The third-order valence-corrected chi connectivity index (χ3v) is 3.36. The van der Waals surface area contributed by atoms with E-state index >= 15 is 0 Å². The second kappa shape index (κ2) is 4.08. The second-order valence-corrected chi connectivity index (χ2v) is 4.43. The Morgan fingerprint density at radius 2 is 2.28 bits per heavy atom. The molecule has 94 valence electrons. The number of aliphatic hydroxyl groups excluding tert-OH is 2. The summed E-state index contributed by atoms with van der Waals surface area (Å²) in [6, 6.07) is 1.84. The van der Waals surface area contributed by atoms with Crippen LogP contribution in [0, 0.1) is 0 Å². The van der Waals surface area contributed by atoms with Crippen molar-refractivity contribution in [3.63, 3.8) is 0 Å². The highest BCUT2D eigenvalue weighted by Crippen LogP contribution is 2.31. The Hall–Kier alpha value is -1.92. The average molecular weight is 246 g/mol. The molecule has 4 N–H and O–H groups in total. The molecule has 0 saturated carbocycles. The predicted octanol–water partition coefficient (Wildman–Crippen LogP) is 0.238. The highest BCUT2D eigenvalue weighted by atomic mass is 16.3.